The maximum Gasteiger partial charge on any atom is 0.302 e. The third-order valence-corrected chi connectivity index (χ3v) is 3.61. The number of aliphatic hydroxyl groups excluding tert-OH is 2. The van der Waals surface area contributed by atoms with E-state index in [4.69, 9.17) is 18.6 Å². The first-order valence-corrected chi connectivity index (χ1v) is 9.12. The summed E-state index contributed by atoms with van der Waals surface area (Å²) in [7, 11) is -1.13. The average Bonchev–Trinajstić information content (AvgIpc) is 2.40. The Morgan fingerprint density at radius 2 is 2.00 bits per heavy atom. The first kappa shape index (κ1) is 22.6. The Balaban J connectivity index is 0.00000441. The van der Waals surface area contributed by atoms with Crippen molar-refractivity contribution in [3.05, 3.63) is 12.7 Å². The largest absolute Gasteiger partial charge is 0.463 e. The van der Waals surface area contributed by atoms with Gasteiger partial charge >= 0.3 is 5.97 Å². The molecule has 2 unspecified atom stereocenters. The summed E-state index contributed by atoms with van der Waals surface area (Å²) in [6, 6.07) is 0. The van der Waals surface area contributed by atoms with Crippen LogP contribution >= 0.6 is 0 Å². The molecular weight excluding hydrogens is 528 g/mol. The Morgan fingerprint density at radius 1 is 1.36 bits per heavy atom. The Bertz CT molecular complexity index is 355. The second kappa shape index (κ2) is 11.2. The summed E-state index contributed by atoms with van der Waals surface area (Å²) in [5, 5.41) is 20.4. The molecule has 0 saturated carbocycles. The summed E-state index contributed by atoms with van der Waals surface area (Å²) in [4.78, 5) is 10.9. The van der Waals surface area contributed by atoms with E-state index >= 15 is 0 Å². The zero-order valence-corrected chi connectivity index (χ0v) is 18.1. The predicted molar refractivity (Wildman–Crippen MR) is 75.8 cm³/mol. The number of esters is 1. The fraction of sp³-hybridized carbons (Fsp3) is 0.769. The number of hydrogen-bond acceptors (Lipinski definition) is 7. The Morgan fingerprint density at radius 3 is 2.50 bits per heavy atom. The van der Waals surface area contributed by atoms with Crippen LogP contribution < -0.4 is 0 Å². The van der Waals surface area contributed by atoms with E-state index < -0.39 is 45.7 Å². The molecule has 9 heteroatoms. The molecule has 1 aliphatic rings. The molecule has 0 bridgehead atoms. The van der Waals surface area contributed by atoms with Crippen molar-refractivity contribution in [1.82, 2.24) is 0 Å². The SMILES string of the molecule is C=CCO[C@@H]1C(O[Si](C)C)[C@H](O)OC(COC(C)=O)[C@H]1O.[Th]. The zero-order chi connectivity index (χ0) is 16.0. The number of hydrogen-bond donors (Lipinski definition) is 2. The molecule has 2 N–H and O–H groups in total. The number of ether oxygens (including phenoxy) is 3. The van der Waals surface area contributed by atoms with Crippen molar-refractivity contribution in [2.45, 2.75) is 50.7 Å². The second-order valence-corrected chi connectivity index (χ2v) is 6.99. The van der Waals surface area contributed by atoms with Gasteiger partial charge in [-0.3, -0.25) is 4.79 Å². The monoisotopic (exact) mass is 551 g/mol. The van der Waals surface area contributed by atoms with E-state index in [1.807, 2.05) is 13.1 Å². The van der Waals surface area contributed by atoms with E-state index in [9.17, 15) is 15.0 Å². The summed E-state index contributed by atoms with van der Waals surface area (Å²) in [5.74, 6) is -0.491. The topological polar surface area (TPSA) is 94.5 Å². The molecule has 125 valence electrons. The third kappa shape index (κ3) is 6.98. The summed E-state index contributed by atoms with van der Waals surface area (Å²) >= 11 is 0. The van der Waals surface area contributed by atoms with Gasteiger partial charge in [-0.2, -0.15) is 0 Å². The van der Waals surface area contributed by atoms with Crippen LogP contribution in [0.1, 0.15) is 6.92 Å². The Hall–Kier alpha value is 0.552. The molecule has 1 radical (unpaired) electrons. The molecule has 0 amide bonds. The fourth-order valence-corrected chi connectivity index (χ4v) is 2.81. The minimum Gasteiger partial charge on any atom is -0.463 e. The molecular formula is C13H23O7SiTh. The summed E-state index contributed by atoms with van der Waals surface area (Å²) in [5.41, 5.74) is 0. The van der Waals surface area contributed by atoms with Crippen LogP contribution in [-0.2, 0) is 23.4 Å². The van der Waals surface area contributed by atoms with E-state index in [-0.39, 0.29) is 53.2 Å². The first-order chi connectivity index (χ1) is 9.86. The van der Waals surface area contributed by atoms with Crippen LogP contribution in [0.3, 0.4) is 0 Å². The molecule has 1 saturated heterocycles. The first-order valence-electron chi connectivity index (χ1n) is 6.71. The molecule has 22 heavy (non-hydrogen) atoms. The zero-order valence-electron chi connectivity index (χ0n) is 13.0. The Labute approximate surface area is 164 Å². The van der Waals surface area contributed by atoms with Gasteiger partial charge in [0.25, 0.3) is 0 Å². The van der Waals surface area contributed by atoms with Gasteiger partial charge in [-0.1, -0.05) is 6.08 Å². The van der Waals surface area contributed by atoms with Gasteiger partial charge in [-0.25, -0.2) is 0 Å². The van der Waals surface area contributed by atoms with Crippen molar-refractivity contribution in [1.29, 1.82) is 0 Å². The molecule has 1 aliphatic heterocycles. The number of carbonyl (C=O) groups is 1. The van der Waals surface area contributed by atoms with Crippen molar-refractivity contribution in [3.8, 4) is 0 Å². The van der Waals surface area contributed by atoms with Crippen LogP contribution in [0.25, 0.3) is 0 Å². The van der Waals surface area contributed by atoms with Gasteiger partial charge in [-0.05, 0) is 13.1 Å². The van der Waals surface area contributed by atoms with Gasteiger partial charge < -0.3 is 28.8 Å². The average molecular weight is 551 g/mol. The predicted octanol–water partition coefficient (Wildman–Crippen LogP) is -0.165. The molecule has 1 heterocycles. The van der Waals surface area contributed by atoms with Gasteiger partial charge in [0, 0.05) is 46.9 Å². The van der Waals surface area contributed by atoms with Crippen LogP contribution in [-0.4, -0.2) is 69.1 Å². The standard InChI is InChI=1S/C13H23O7Si.Th/c1-5-6-17-11-10(15)9(7-18-8(2)14)19-13(16)12(11)20-21(3)4;/h5,9-13,15-16H,1,6-7H2,2-4H3;/t9?,10-,11+,12?,13-;/m1./s1. The smallest absolute Gasteiger partial charge is 0.302 e. The van der Waals surface area contributed by atoms with Crippen molar-refractivity contribution < 1.29 is 73.6 Å². The molecule has 7 nitrogen and oxygen atoms in total. The second-order valence-electron chi connectivity index (χ2n) is 4.94. The molecule has 0 spiro atoms. The van der Waals surface area contributed by atoms with Crippen molar-refractivity contribution in [3.63, 3.8) is 0 Å². The van der Waals surface area contributed by atoms with Gasteiger partial charge in [0.1, 0.15) is 31.0 Å². The number of rotatable bonds is 7. The number of carbonyl (C=O) groups excluding carboxylic acids is 1. The minimum atomic E-state index is -1.26. The van der Waals surface area contributed by atoms with E-state index in [1.165, 1.54) is 13.0 Å². The summed E-state index contributed by atoms with van der Waals surface area (Å²) < 4.78 is 21.3. The van der Waals surface area contributed by atoms with Crippen molar-refractivity contribution in [2.24, 2.45) is 0 Å². The van der Waals surface area contributed by atoms with Crippen LogP contribution in [0.2, 0.25) is 13.1 Å². The van der Waals surface area contributed by atoms with Gasteiger partial charge in [0.15, 0.2) is 6.29 Å². The molecule has 5 atom stereocenters. The van der Waals surface area contributed by atoms with Gasteiger partial charge in [-0.15, -0.1) is 6.58 Å². The maximum absolute atomic E-state index is 10.9. The van der Waals surface area contributed by atoms with E-state index in [0.717, 1.165) is 0 Å². The van der Waals surface area contributed by atoms with Crippen LogP contribution in [0.15, 0.2) is 12.7 Å². The van der Waals surface area contributed by atoms with Gasteiger partial charge in [0.05, 0.1) is 6.61 Å². The molecule has 0 aliphatic carbocycles. The molecule has 1 fully saturated rings. The van der Waals surface area contributed by atoms with Crippen LogP contribution in [0.4, 0.5) is 0 Å². The van der Waals surface area contributed by atoms with E-state index in [2.05, 4.69) is 6.58 Å². The molecule has 0 aromatic heterocycles. The number of aliphatic hydroxyl groups is 2. The third-order valence-electron chi connectivity index (χ3n) is 2.87. The minimum absolute atomic E-state index is 0. The Kier molecular flexibility index (Phi) is 11.4. The van der Waals surface area contributed by atoms with Crippen LogP contribution in [0.5, 0.6) is 0 Å². The molecule has 0 aromatic carbocycles. The fourth-order valence-electron chi connectivity index (χ4n) is 2.01. The van der Waals surface area contributed by atoms with Gasteiger partial charge in [0.2, 0.25) is 9.04 Å². The van der Waals surface area contributed by atoms with E-state index in [1.54, 1.807) is 0 Å². The van der Waals surface area contributed by atoms with Crippen molar-refractivity contribution in [2.75, 3.05) is 13.2 Å². The maximum atomic E-state index is 10.9. The van der Waals surface area contributed by atoms with E-state index in [0.29, 0.717) is 0 Å². The molecule has 0 aromatic rings. The van der Waals surface area contributed by atoms with Crippen molar-refractivity contribution >= 4 is 15.0 Å². The summed E-state index contributed by atoms with van der Waals surface area (Å²) in [6.07, 6.45) is -3.26. The van der Waals surface area contributed by atoms with Crippen LogP contribution in [0, 0.1) is 39.9 Å². The normalized spacial score (nSPS) is 31.5. The summed E-state index contributed by atoms with van der Waals surface area (Å²) in [6.45, 7) is 8.65. The quantitative estimate of drug-likeness (QED) is 0.258. The molecule has 1 rings (SSSR count).